The Kier molecular flexibility index (Phi) is 4.54. The summed E-state index contributed by atoms with van der Waals surface area (Å²) in [5.41, 5.74) is -11.3. The molecule has 0 amide bonds. The number of alkyl halides is 9. The Morgan fingerprint density at radius 2 is 0.708 bits per heavy atom. The Morgan fingerprint density at radius 1 is 0.417 bits per heavy atom. The number of rotatable bonds is 2. The second-order valence-electron chi connectivity index (χ2n) is 4.17. The van der Waals surface area contributed by atoms with Crippen LogP contribution in [0.5, 0.6) is 0 Å². The highest BCUT2D eigenvalue weighted by Gasteiger charge is 2.83. The molecule has 1 atom stereocenters. The summed E-state index contributed by atoms with van der Waals surface area (Å²) in [4.78, 5) is 0. The maximum absolute atomic E-state index is 13.8. The predicted molar refractivity (Wildman–Crippen MR) is 46.1 cm³/mol. The summed E-state index contributed by atoms with van der Waals surface area (Å²) < 4.78 is 178. The first-order valence-electron chi connectivity index (χ1n) is 5.15. The molecule has 0 aliphatic rings. The van der Waals surface area contributed by atoms with Gasteiger partial charge in [0.25, 0.3) is 0 Å². The first kappa shape index (κ1) is 20.3. The van der Waals surface area contributed by atoms with Gasteiger partial charge in [0, 0.05) is 0 Å². The van der Waals surface area contributed by atoms with Gasteiger partial charge in [-0.2, -0.15) is 35.1 Å². The minimum absolute atomic E-state index is 3.19. The molecule has 0 fully saturated rings. The van der Waals surface area contributed by atoms with Gasteiger partial charge in [-0.05, 0) is 0 Å². The van der Waals surface area contributed by atoms with Gasteiger partial charge in [-0.25, -0.2) is 26.3 Å². The van der Waals surface area contributed by atoms with Gasteiger partial charge in [0.1, 0.15) is 0 Å². The van der Waals surface area contributed by atoms with E-state index in [2.05, 4.69) is 0 Å². The molecule has 24 heavy (non-hydrogen) atoms. The minimum Gasteiger partial charge on any atom is -0.221 e. The fourth-order valence-electron chi connectivity index (χ4n) is 1.58. The average Bonchev–Trinajstić information content (AvgIpc) is 2.40. The molecule has 0 radical (unpaired) electrons. The van der Waals surface area contributed by atoms with Crippen molar-refractivity contribution in [3.63, 3.8) is 0 Å². The van der Waals surface area contributed by atoms with Crippen molar-refractivity contribution in [3.05, 3.63) is 34.6 Å². The second kappa shape index (κ2) is 5.37. The second-order valence-corrected chi connectivity index (χ2v) is 4.17. The third-order valence-electron chi connectivity index (χ3n) is 2.73. The summed E-state index contributed by atoms with van der Waals surface area (Å²) in [6, 6.07) is 0. The van der Waals surface area contributed by atoms with Crippen molar-refractivity contribution in [1.29, 1.82) is 0 Å². The molecule has 0 aromatic heterocycles. The van der Waals surface area contributed by atoms with Crippen LogP contribution in [0.4, 0.5) is 61.5 Å². The molecule has 14 heteroatoms. The molecule has 0 saturated heterocycles. The Labute approximate surface area is 121 Å². The molecule has 0 saturated carbocycles. The highest BCUT2D eigenvalue weighted by Crippen LogP contribution is 2.59. The molecule has 0 heterocycles. The molecule has 1 aromatic rings. The van der Waals surface area contributed by atoms with E-state index in [0.717, 1.165) is 0 Å². The van der Waals surface area contributed by atoms with Crippen LogP contribution in [0.15, 0.2) is 0 Å². The van der Waals surface area contributed by atoms with Crippen molar-refractivity contribution in [2.45, 2.75) is 23.9 Å². The van der Waals surface area contributed by atoms with Gasteiger partial charge in [-0.3, -0.25) is 0 Å². The van der Waals surface area contributed by atoms with E-state index in [1.807, 2.05) is 0 Å². The molecule has 1 aromatic carbocycles. The Balaban J connectivity index is 4.08. The lowest BCUT2D eigenvalue weighted by Gasteiger charge is -2.36. The molecule has 1 rings (SSSR count). The van der Waals surface area contributed by atoms with Crippen molar-refractivity contribution in [2.24, 2.45) is 0 Å². The minimum atomic E-state index is -7.59. The topological polar surface area (TPSA) is 0 Å². The largest absolute Gasteiger partial charge is 0.457 e. The quantitative estimate of drug-likeness (QED) is 0.367. The average molecular weight is 386 g/mol. The zero-order valence-corrected chi connectivity index (χ0v) is 10.3. The van der Waals surface area contributed by atoms with E-state index in [4.69, 9.17) is 0 Å². The summed E-state index contributed by atoms with van der Waals surface area (Å²) >= 11 is 0. The predicted octanol–water partition coefficient (Wildman–Crippen LogP) is 5.31. The highest BCUT2D eigenvalue weighted by atomic mass is 19.4. The summed E-state index contributed by atoms with van der Waals surface area (Å²) in [6.45, 7) is 0. The molecule has 0 bridgehead atoms. The highest BCUT2D eigenvalue weighted by molar-refractivity contribution is 5.34. The lowest BCUT2D eigenvalue weighted by Crippen LogP contribution is -2.60. The van der Waals surface area contributed by atoms with Crippen LogP contribution in [0.1, 0.15) is 5.56 Å². The van der Waals surface area contributed by atoms with Crippen molar-refractivity contribution >= 4 is 0 Å². The summed E-state index contributed by atoms with van der Waals surface area (Å²) in [6.07, 6.45) is -14.8. The van der Waals surface area contributed by atoms with Crippen LogP contribution < -0.4 is 0 Å². The van der Waals surface area contributed by atoms with Crippen LogP contribution in [-0.4, -0.2) is 18.3 Å². The van der Waals surface area contributed by atoms with Gasteiger partial charge in [-0.1, -0.05) is 0 Å². The first-order valence-corrected chi connectivity index (χ1v) is 5.15. The fourth-order valence-corrected chi connectivity index (χ4v) is 1.58. The summed E-state index contributed by atoms with van der Waals surface area (Å²) in [5, 5.41) is 0. The van der Waals surface area contributed by atoms with Crippen LogP contribution in [-0.2, 0) is 5.67 Å². The van der Waals surface area contributed by atoms with E-state index in [9.17, 15) is 61.5 Å². The van der Waals surface area contributed by atoms with E-state index in [0.29, 0.717) is 0 Å². The van der Waals surface area contributed by atoms with Gasteiger partial charge >= 0.3 is 23.9 Å². The smallest absolute Gasteiger partial charge is 0.221 e. The maximum atomic E-state index is 13.8. The normalized spacial score (nSPS) is 16.2. The van der Waals surface area contributed by atoms with E-state index in [1.54, 1.807) is 0 Å². The molecular formula is C10F14. The summed E-state index contributed by atoms with van der Waals surface area (Å²) in [5.74, 6) is -25.1. The van der Waals surface area contributed by atoms with E-state index in [1.165, 1.54) is 0 Å². The number of hydrogen-bond acceptors (Lipinski definition) is 0. The van der Waals surface area contributed by atoms with Crippen LogP contribution >= 0.6 is 0 Å². The summed E-state index contributed by atoms with van der Waals surface area (Å²) in [7, 11) is 0. The SMILES string of the molecule is Fc1c(F)c(F)c(C(F)(C(F)(F)F)C(F)(F)C(F)(F)F)c(F)c1F. The van der Waals surface area contributed by atoms with Crippen LogP contribution in [0.2, 0.25) is 0 Å². The fraction of sp³-hybridized carbons (Fsp3) is 0.400. The lowest BCUT2D eigenvalue weighted by molar-refractivity contribution is -0.390. The lowest BCUT2D eigenvalue weighted by atomic mass is 9.86. The molecule has 0 aliphatic heterocycles. The van der Waals surface area contributed by atoms with Crippen LogP contribution in [0, 0.1) is 29.1 Å². The zero-order valence-electron chi connectivity index (χ0n) is 10.3. The third kappa shape index (κ3) is 2.46. The van der Waals surface area contributed by atoms with Crippen LogP contribution in [0.25, 0.3) is 0 Å². The van der Waals surface area contributed by atoms with E-state index >= 15 is 0 Å². The number of benzene rings is 1. The molecule has 0 N–H and O–H groups in total. The molecule has 0 aliphatic carbocycles. The van der Waals surface area contributed by atoms with Crippen molar-refractivity contribution in [3.8, 4) is 0 Å². The van der Waals surface area contributed by atoms with Crippen molar-refractivity contribution in [2.75, 3.05) is 0 Å². The van der Waals surface area contributed by atoms with E-state index in [-0.39, 0.29) is 0 Å². The van der Waals surface area contributed by atoms with Gasteiger partial charge in [0.15, 0.2) is 23.3 Å². The van der Waals surface area contributed by atoms with Gasteiger partial charge in [-0.15, -0.1) is 0 Å². The molecular weight excluding hydrogens is 386 g/mol. The third-order valence-corrected chi connectivity index (χ3v) is 2.73. The molecule has 1 unspecified atom stereocenters. The Bertz CT molecular complexity index is 624. The Morgan fingerprint density at radius 3 is 0.958 bits per heavy atom. The monoisotopic (exact) mass is 386 g/mol. The zero-order chi connectivity index (χ0) is 19.5. The van der Waals surface area contributed by atoms with Gasteiger partial charge < -0.3 is 0 Å². The number of hydrogen-bond donors (Lipinski definition) is 0. The van der Waals surface area contributed by atoms with Gasteiger partial charge in [0.05, 0.1) is 5.56 Å². The van der Waals surface area contributed by atoms with Crippen LogP contribution in [0.3, 0.4) is 0 Å². The number of halogens is 14. The first-order chi connectivity index (χ1) is 10.4. The standard InChI is InChI=1S/C10F14/c11-2-1(3(12)5(14)6(15)4(2)13)7(16,9(19,20)21)8(17,18)10(22,23)24. The van der Waals surface area contributed by atoms with Crippen molar-refractivity contribution < 1.29 is 61.5 Å². The molecule has 0 nitrogen and oxygen atoms in total. The maximum Gasteiger partial charge on any atom is 0.457 e. The van der Waals surface area contributed by atoms with Gasteiger partial charge in [0.2, 0.25) is 5.82 Å². The van der Waals surface area contributed by atoms with E-state index < -0.39 is 58.6 Å². The Hall–Kier alpha value is -1.76. The molecule has 138 valence electrons. The molecule has 0 spiro atoms. The van der Waals surface area contributed by atoms with Crippen molar-refractivity contribution in [1.82, 2.24) is 0 Å².